The molecule has 2 atom stereocenters. The molecular formula is C8H14N2OS. The van der Waals surface area contributed by atoms with Crippen molar-refractivity contribution < 1.29 is 5.11 Å². The van der Waals surface area contributed by atoms with Crippen molar-refractivity contribution in [2.24, 2.45) is 5.73 Å². The normalized spacial score (nSPS) is 15.9. The first-order chi connectivity index (χ1) is 5.75. The smallest absolute Gasteiger partial charge is 0.0794 e. The molecule has 0 radical (unpaired) electrons. The number of aromatic nitrogens is 1. The van der Waals surface area contributed by atoms with Gasteiger partial charge in [-0.3, -0.25) is 0 Å². The molecule has 0 aliphatic heterocycles. The minimum Gasteiger partial charge on any atom is -0.396 e. The number of aliphatic hydroxyl groups is 1. The Morgan fingerprint density at radius 3 is 2.92 bits per heavy atom. The van der Waals surface area contributed by atoms with Gasteiger partial charge in [0.1, 0.15) is 0 Å². The second kappa shape index (κ2) is 4.54. The highest BCUT2D eigenvalue weighted by atomic mass is 32.1. The van der Waals surface area contributed by atoms with Crippen molar-refractivity contribution in [2.45, 2.75) is 25.3 Å². The summed E-state index contributed by atoms with van der Waals surface area (Å²) in [4.78, 5) is 4.18. The molecule has 2 unspecified atom stereocenters. The summed E-state index contributed by atoms with van der Waals surface area (Å²) in [5.74, 6) is 0.196. The van der Waals surface area contributed by atoms with E-state index < -0.39 is 0 Å². The average molecular weight is 186 g/mol. The molecule has 0 bridgehead atoms. The number of thiazole rings is 1. The van der Waals surface area contributed by atoms with Gasteiger partial charge in [-0.1, -0.05) is 0 Å². The fraction of sp³-hybridized carbons (Fsp3) is 0.625. The standard InChI is InChI=1S/C8H14N2OS/c1-6(9)7(2-3-11)8-4-12-5-10-8/h4-7,11H,2-3,9H2,1H3. The highest BCUT2D eigenvalue weighted by Crippen LogP contribution is 2.21. The van der Waals surface area contributed by atoms with E-state index in [-0.39, 0.29) is 18.6 Å². The Morgan fingerprint density at radius 1 is 1.75 bits per heavy atom. The zero-order valence-corrected chi connectivity index (χ0v) is 7.92. The minimum absolute atomic E-state index is 0.0549. The SMILES string of the molecule is CC(N)C(CCO)c1cscn1. The van der Waals surface area contributed by atoms with Crippen molar-refractivity contribution in [1.29, 1.82) is 0 Å². The summed E-state index contributed by atoms with van der Waals surface area (Å²) in [7, 11) is 0. The van der Waals surface area contributed by atoms with Crippen LogP contribution >= 0.6 is 11.3 Å². The van der Waals surface area contributed by atoms with Crippen LogP contribution in [0.15, 0.2) is 10.9 Å². The molecule has 4 heteroatoms. The van der Waals surface area contributed by atoms with Crippen molar-refractivity contribution in [1.82, 2.24) is 4.98 Å². The zero-order valence-electron chi connectivity index (χ0n) is 7.10. The molecule has 12 heavy (non-hydrogen) atoms. The quantitative estimate of drug-likeness (QED) is 0.736. The molecule has 0 spiro atoms. The number of aliphatic hydroxyl groups excluding tert-OH is 1. The van der Waals surface area contributed by atoms with Gasteiger partial charge in [-0.2, -0.15) is 0 Å². The predicted octanol–water partition coefficient (Wildman–Crippen LogP) is 0.956. The fourth-order valence-corrected chi connectivity index (χ4v) is 1.84. The van der Waals surface area contributed by atoms with E-state index in [4.69, 9.17) is 10.8 Å². The summed E-state index contributed by atoms with van der Waals surface area (Å²) in [5.41, 5.74) is 8.56. The first-order valence-corrected chi connectivity index (χ1v) is 4.94. The van der Waals surface area contributed by atoms with E-state index in [0.29, 0.717) is 6.42 Å². The summed E-state index contributed by atoms with van der Waals surface area (Å²) < 4.78 is 0. The van der Waals surface area contributed by atoms with Crippen LogP contribution < -0.4 is 5.73 Å². The fourth-order valence-electron chi connectivity index (χ4n) is 1.22. The van der Waals surface area contributed by atoms with Crippen LogP contribution in [-0.2, 0) is 0 Å². The Labute approximate surface area is 76.3 Å². The van der Waals surface area contributed by atoms with Crippen LogP contribution in [-0.4, -0.2) is 22.7 Å². The molecule has 0 amide bonds. The third-order valence-corrected chi connectivity index (χ3v) is 2.51. The van der Waals surface area contributed by atoms with Gasteiger partial charge < -0.3 is 10.8 Å². The lowest BCUT2D eigenvalue weighted by molar-refractivity contribution is 0.268. The van der Waals surface area contributed by atoms with Crippen molar-refractivity contribution in [3.8, 4) is 0 Å². The van der Waals surface area contributed by atoms with Crippen LogP contribution in [0.25, 0.3) is 0 Å². The summed E-state index contributed by atoms with van der Waals surface area (Å²) in [6, 6.07) is 0.0549. The largest absolute Gasteiger partial charge is 0.396 e. The van der Waals surface area contributed by atoms with E-state index >= 15 is 0 Å². The predicted molar refractivity (Wildman–Crippen MR) is 50.2 cm³/mol. The molecule has 1 aromatic heterocycles. The van der Waals surface area contributed by atoms with Gasteiger partial charge in [0.05, 0.1) is 11.2 Å². The Bertz CT molecular complexity index is 211. The van der Waals surface area contributed by atoms with Crippen molar-refractivity contribution >= 4 is 11.3 Å². The van der Waals surface area contributed by atoms with Crippen LogP contribution in [0, 0.1) is 0 Å². The van der Waals surface area contributed by atoms with Gasteiger partial charge >= 0.3 is 0 Å². The molecule has 1 rings (SSSR count). The van der Waals surface area contributed by atoms with Crippen molar-refractivity contribution in [3.63, 3.8) is 0 Å². The molecule has 1 aromatic rings. The van der Waals surface area contributed by atoms with E-state index in [1.165, 1.54) is 0 Å². The van der Waals surface area contributed by atoms with E-state index in [1.54, 1.807) is 16.8 Å². The van der Waals surface area contributed by atoms with Crippen LogP contribution in [0.3, 0.4) is 0 Å². The lowest BCUT2D eigenvalue weighted by Crippen LogP contribution is -2.25. The second-order valence-corrected chi connectivity index (χ2v) is 3.61. The van der Waals surface area contributed by atoms with Crippen molar-refractivity contribution in [3.05, 3.63) is 16.6 Å². The van der Waals surface area contributed by atoms with Gasteiger partial charge in [-0.05, 0) is 13.3 Å². The van der Waals surface area contributed by atoms with E-state index in [9.17, 15) is 0 Å². The third kappa shape index (κ3) is 2.27. The Kier molecular flexibility index (Phi) is 3.65. The molecule has 0 aliphatic rings. The van der Waals surface area contributed by atoms with E-state index in [2.05, 4.69) is 4.98 Å². The highest BCUT2D eigenvalue weighted by molar-refractivity contribution is 7.07. The first kappa shape index (κ1) is 9.64. The number of hydrogen-bond donors (Lipinski definition) is 2. The maximum atomic E-state index is 8.80. The molecule has 0 aliphatic carbocycles. The monoisotopic (exact) mass is 186 g/mol. The summed E-state index contributed by atoms with van der Waals surface area (Å²) in [6.45, 7) is 2.11. The molecule has 3 nitrogen and oxygen atoms in total. The lowest BCUT2D eigenvalue weighted by atomic mass is 9.96. The first-order valence-electron chi connectivity index (χ1n) is 4.00. The molecular weight excluding hydrogens is 172 g/mol. The topological polar surface area (TPSA) is 59.1 Å². The van der Waals surface area contributed by atoms with Crippen LogP contribution in [0.5, 0.6) is 0 Å². The molecule has 68 valence electrons. The molecule has 0 saturated heterocycles. The summed E-state index contributed by atoms with van der Waals surface area (Å²) in [5, 5.41) is 10.8. The van der Waals surface area contributed by atoms with Crippen LogP contribution in [0.1, 0.15) is 25.0 Å². The molecule has 0 saturated carbocycles. The number of rotatable bonds is 4. The van der Waals surface area contributed by atoms with Gasteiger partial charge in [0, 0.05) is 23.9 Å². The maximum Gasteiger partial charge on any atom is 0.0794 e. The average Bonchev–Trinajstić information content (AvgIpc) is 2.51. The summed E-state index contributed by atoms with van der Waals surface area (Å²) >= 11 is 1.56. The lowest BCUT2D eigenvalue weighted by Gasteiger charge is -2.16. The van der Waals surface area contributed by atoms with Crippen LogP contribution in [0.4, 0.5) is 0 Å². The van der Waals surface area contributed by atoms with Crippen molar-refractivity contribution in [2.75, 3.05) is 6.61 Å². The Hall–Kier alpha value is -0.450. The van der Waals surface area contributed by atoms with Gasteiger partial charge in [0.2, 0.25) is 0 Å². The molecule has 0 fully saturated rings. The number of nitrogens with zero attached hydrogens (tertiary/aromatic N) is 1. The summed E-state index contributed by atoms with van der Waals surface area (Å²) in [6.07, 6.45) is 0.696. The zero-order chi connectivity index (χ0) is 8.97. The maximum absolute atomic E-state index is 8.80. The second-order valence-electron chi connectivity index (χ2n) is 2.89. The third-order valence-electron chi connectivity index (χ3n) is 1.91. The minimum atomic E-state index is 0.0549. The Balaban J connectivity index is 2.66. The van der Waals surface area contributed by atoms with E-state index in [0.717, 1.165) is 5.69 Å². The van der Waals surface area contributed by atoms with Gasteiger partial charge in [0.15, 0.2) is 0 Å². The highest BCUT2D eigenvalue weighted by Gasteiger charge is 2.16. The van der Waals surface area contributed by atoms with Gasteiger partial charge in [0.25, 0.3) is 0 Å². The molecule has 1 heterocycles. The number of hydrogen-bond acceptors (Lipinski definition) is 4. The molecule has 0 aromatic carbocycles. The van der Waals surface area contributed by atoms with Gasteiger partial charge in [-0.15, -0.1) is 11.3 Å². The van der Waals surface area contributed by atoms with E-state index in [1.807, 2.05) is 12.3 Å². The van der Waals surface area contributed by atoms with Crippen LogP contribution in [0.2, 0.25) is 0 Å². The molecule has 3 N–H and O–H groups in total. The van der Waals surface area contributed by atoms with Gasteiger partial charge in [-0.25, -0.2) is 4.98 Å². The number of nitrogens with two attached hydrogens (primary N) is 1. The Morgan fingerprint density at radius 2 is 2.50 bits per heavy atom.